The third-order valence-electron chi connectivity index (χ3n) is 2.40. The fourth-order valence-corrected chi connectivity index (χ4v) is 1.54. The first-order chi connectivity index (χ1) is 7.79. The molecule has 0 aliphatic carbocycles. The molecule has 0 aromatic carbocycles. The highest BCUT2D eigenvalue weighted by molar-refractivity contribution is 5.46. The third kappa shape index (κ3) is 2.41. The van der Waals surface area contributed by atoms with Gasteiger partial charge in [0.1, 0.15) is 0 Å². The monoisotopic (exact) mass is 218 g/mol. The number of aliphatic hydroxyl groups is 1. The van der Waals surface area contributed by atoms with Crippen molar-refractivity contribution < 1.29 is 9.52 Å². The van der Waals surface area contributed by atoms with Crippen LogP contribution in [0.3, 0.4) is 0 Å². The maximum absolute atomic E-state index is 9.00. The second-order valence-corrected chi connectivity index (χ2v) is 3.65. The number of anilines is 1. The molecular formula is C12H14N2O2. The van der Waals surface area contributed by atoms with Crippen molar-refractivity contribution in [2.75, 3.05) is 11.9 Å². The Morgan fingerprint density at radius 2 is 2.31 bits per heavy atom. The van der Waals surface area contributed by atoms with Gasteiger partial charge in [-0.15, -0.1) is 0 Å². The van der Waals surface area contributed by atoms with Gasteiger partial charge in [-0.1, -0.05) is 0 Å². The van der Waals surface area contributed by atoms with E-state index in [0.717, 1.165) is 17.8 Å². The molecule has 0 amide bonds. The summed E-state index contributed by atoms with van der Waals surface area (Å²) >= 11 is 0. The van der Waals surface area contributed by atoms with Crippen molar-refractivity contribution >= 4 is 5.69 Å². The third-order valence-corrected chi connectivity index (χ3v) is 2.40. The van der Waals surface area contributed by atoms with E-state index in [1.54, 1.807) is 18.7 Å². The smallest absolute Gasteiger partial charge is 0.0952 e. The molecule has 84 valence electrons. The lowest BCUT2D eigenvalue weighted by Gasteiger charge is -2.18. The van der Waals surface area contributed by atoms with Crippen LogP contribution in [0.5, 0.6) is 0 Å². The second-order valence-electron chi connectivity index (χ2n) is 3.65. The minimum Gasteiger partial charge on any atom is -0.472 e. The number of hydrogen-bond acceptors (Lipinski definition) is 4. The Kier molecular flexibility index (Phi) is 3.22. The van der Waals surface area contributed by atoms with Crippen LogP contribution < -0.4 is 4.90 Å². The maximum atomic E-state index is 9.00. The van der Waals surface area contributed by atoms with E-state index in [1.165, 1.54) is 0 Å². The summed E-state index contributed by atoms with van der Waals surface area (Å²) < 4.78 is 5.02. The van der Waals surface area contributed by atoms with Gasteiger partial charge in [0.2, 0.25) is 0 Å². The highest BCUT2D eigenvalue weighted by atomic mass is 16.3. The summed E-state index contributed by atoms with van der Waals surface area (Å²) in [6, 6.07) is 5.73. The zero-order chi connectivity index (χ0) is 11.4. The molecule has 1 N–H and O–H groups in total. The average molecular weight is 218 g/mol. The topological polar surface area (TPSA) is 49.5 Å². The molecule has 0 saturated carbocycles. The fourth-order valence-electron chi connectivity index (χ4n) is 1.54. The summed E-state index contributed by atoms with van der Waals surface area (Å²) in [5.74, 6) is 0. The number of rotatable bonds is 4. The van der Waals surface area contributed by atoms with Crippen LogP contribution in [-0.2, 0) is 13.2 Å². The van der Waals surface area contributed by atoms with Gasteiger partial charge in [0.05, 0.1) is 24.8 Å². The first-order valence-corrected chi connectivity index (χ1v) is 5.07. The van der Waals surface area contributed by atoms with Crippen molar-refractivity contribution in [3.8, 4) is 0 Å². The first-order valence-electron chi connectivity index (χ1n) is 5.07. The molecule has 2 rings (SSSR count). The Hall–Kier alpha value is -1.81. The van der Waals surface area contributed by atoms with E-state index in [-0.39, 0.29) is 6.61 Å². The van der Waals surface area contributed by atoms with E-state index in [9.17, 15) is 0 Å². The minimum absolute atomic E-state index is 0.0343. The lowest BCUT2D eigenvalue weighted by molar-refractivity contribution is 0.277. The summed E-state index contributed by atoms with van der Waals surface area (Å²) in [7, 11) is 1.99. The largest absolute Gasteiger partial charge is 0.472 e. The predicted octanol–water partition coefficient (Wildman–Crippen LogP) is 1.80. The molecule has 4 nitrogen and oxygen atoms in total. The van der Waals surface area contributed by atoms with Crippen molar-refractivity contribution in [1.29, 1.82) is 0 Å². The van der Waals surface area contributed by atoms with Gasteiger partial charge in [-0.05, 0) is 18.2 Å². The molecule has 0 fully saturated rings. The Balaban J connectivity index is 2.11. The van der Waals surface area contributed by atoms with Gasteiger partial charge < -0.3 is 14.4 Å². The molecule has 0 aliphatic rings. The number of nitrogens with zero attached hydrogens (tertiary/aromatic N) is 2. The van der Waals surface area contributed by atoms with Crippen LogP contribution in [0.2, 0.25) is 0 Å². The summed E-state index contributed by atoms with van der Waals surface area (Å²) in [6.07, 6.45) is 5.09. The molecule has 0 saturated heterocycles. The molecular weight excluding hydrogens is 204 g/mol. The molecule has 4 heteroatoms. The standard InChI is InChI=1S/C12H14N2O2/c1-14(7-10-3-5-16-9-10)12-2-4-13-11(6-12)8-15/h2-6,9,15H,7-8H2,1H3. The van der Waals surface area contributed by atoms with Gasteiger partial charge in [-0.25, -0.2) is 0 Å². The van der Waals surface area contributed by atoms with Gasteiger partial charge in [0, 0.05) is 31.0 Å². The SMILES string of the molecule is CN(Cc1ccoc1)c1ccnc(CO)c1. The Morgan fingerprint density at radius 3 is 3.00 bits per heavy atom. The summed E-state index contributed by atoms with van der Waals surface area (Å²) in [5.41, 5.74) is 2.82. The van der Waals surface area contributed by atoms with E-state index in [4.69, 9.17) is 9.52 Å². The van der Waals surface area contributed by atoms with Crippen molar-refractivity contribution in [3.63, 3.8) is 0 Å². The summed E-state index contributed by atoms with van der Waals surface area (Å²) in [6.45, 7) is 0.735. The van der Waals surface area contributed by atoms with Crippen LogP contribution >= 0.6 is 0 Å². The Bertz CT molecular complexity index is 440. The molecule has 16 heavy (non-hydrogen) atoms. The maximum Gasteiger partial charge on any atom is 0.0952 e. The normalized spacial score (nSPS) is 10.4. The molecule has 0 spiro atoms. The quantitative estimate of drug-likeness (QED) is 0.850. The summed E-state index contributed by atoms with van der Waals surface area (Å²) in [5, 5.41) is 9.00. The molecule has 2 aromatic heterocycles. The zero-order valence-electron chi connectivity index (χ0n) is 9.13. The average Bonchev–Trinajstić information content (AvgIpc) is 2.82. The zero-order valence-corrected chi connectivity index (χ0v) is 9.13. The van der Waals surface area contributed by atoms with E-state index >= 15 is 0 Å². The molecule has 0 bridgehead atoms. The molecule has 2 heterocycles. The van der Waals surface area contributed by atoms with Crippen LogP contribution in [0, 0.1) is 0 Å². The number of pyridine rings is 1. The lowest BCUT2D eigenvalue weighted by atomic mass is 10.2. The molecule has 2 aromatic rings. The van der Waals surface area contributed by atoms with Crippen LogP contribution in [0.1, 0.15) is 11.3 Å². The van der Waals surface area contributed by atoms with Crippen molar-refractivity contribution in [3.05, 3.63) is 48.2 Å². The van der Waals surface area contributed by atoms with Gasteiger partial charge in [-0.2, -0.15) is 0 Å². The minimum atomic E-state index is -0.0343. The van der Waals surface area contributed by atoms with Gasteiger partial charge in [-0.3, -0.25) is 4.98 Å². The molecule has 0 radical (unpaired) electrons. The predicted molar refractivity (Wildman–Crippen MR) is 61.0 cm³/mol. The van der Waals surface area contributed by atoms with Crippen LogP contribution in [0.25, 0.3) is 0 Å². The van der Waals surface area contributed by atoms with E-state index < -0.39 is 0 Å². The molecule has 0 unspecified atom stereocenters. The highest BCUT2D eigenvalue weighted by Gasteiger charge is 2.04. The molecule has 0 atom stereocenters. The highest BCUT2D eigenvalue weighted by Crippen LogP contribution is 2.15. The Labute approximate surface area is 94.2 Å². The summed E-state index contributed by atoms with van der Waals surface area (Å²) in [4.78, 5) is 6.12. The fraction of sp³-hybridized carbons (Fsp3) is 0.250. The number of furan rings is 1. The lowest BCUT2D eigenvalue weighted by Crippen LogP contribution is -2.16. The Morgan fingerprint density at radius 1 is 1.44 bits per heavy atom. The van der Waals surface area contributed by atoms with E-state index in [0.29, 0.717) is 5.69 Å². The van der Waals surface area contributed by atoms with E-state index in [2.05, 4.69) is 9.88 Å². The second kappa shape index (κ2) is 4.81. The van der Waals surface area contributed by atoms with Gasteiger partial charge in [0.15, 0.2) is 0 Å². The number of hydrogen-bond donors (Lipinski definition) is 1. The van der Waals surface area contributed by atoms with Gasteiger partial charge >= 0.3 is 0 Å². The van der Waals surface area contributed by atoms with Crippen LogP contribution in [0.15, 0.2) is 41.3 Å². The molecule has 0 aliphatic heterocycles. The van der Waals surface area contributed by atoms with Crippen molar-refractivity contribution in [1.82, 2.24) is 4.98 Å². The number of aromatic nitrogens is 1. The van der Waals surface area contributed by atoms with Crippen molar-refractivity contribution in [2.24, 2.45) is 0 Å². The first kappa shape index (κ1) is 10.7. The van der Waals surface area contributed by atoms with Gasteiger partial charge in [0.25, 0.3) is 0 Å². The van der Waals surface area contributed by atoms with Crippen molar-refractivity contribution in [2.45, 2.75) is 13.2 Å². The van der Waals surface area contributed by atoms with Crippen LogP contribution in [0.4, 0.5) is 5.69 Å². The van der Waals surface area contributed by atoms with Crippen LogP contribution in [-0.4, -0.2) is 17.1 Å². The van der Waals surface area contributed by atoms with E-state index in [1.807, 2.05) is 25.2 Å². The number of aliphatic hydroxyl groups excluding tert-OH is 1.